The fourth-order valence-corrected chi connectivity index (χ4v) is 1.93. The largest absolute Gasteiger partial charge is 0.484 e. The van der Waals surface area contributed by atoms with E-state index in [1.807, 2.05) is 38.1 Å². The molecule has 0 unspecified atom stereocenters. The van der Waals surface area contributed by atoms with Crippen LogP contribution in [-0.2, 0) is 4.79 Å². The Morgan fingerprint density at radius 1 is 1.27 bits per heavy atom. The molecular weight excluding hydrogens is 300 g/mol. The number of aryl methyl sites for hydroxylation is 2. The SMILES string of the molecule is Cc1cccc(/C=N\NC(=O)COc2ccc(Cl)c(C)c2)c1. The molecule has 0 bridgehead atoms. The molecule has 1 amide bonds. The van der Waals surface area contributed by atoms with Crippen molar-refractivity contribution in [1.82, 2.24) is 5.43 Å². The van der Waals surface area contributed by atoms with Gasteiger partial charge in [0.2, 0.25) is 0 Å². The van der Waals surface area contributed by atoms with Gasteiger partial charge in [0.1, 0.15) is 5.75 Å². The molecule has 0 saturated heterocycles. The number of benzene rings is 2. The lowest BCUT2D eigenvalue weighted by molar-refractivity contribution is -0.123. The number of rotatable bonds is 5. The van der Waals surface area contributed by atoms with Gasteiger partial charge in [0.05, 0.1) is 6.21 Å². The van der Waals surface area contributed by atoms with Gasteiger partial charge in [-0.15, -0.1) is 0 Å². The minimum absolute atomic E-state index is 0.105. The van der Waals surface area contributed by atoms with E-state index in [1.54, 1.807) is 24.4 Å². The highest BCUT2D eigenvalue weighted by Gasteiger charge is 2.03. The van der Waals surface area contributed by atoms with Crippen LogP contribution in [-0.4, -0.2) is 18.7 Å². The molecule has 1 N–H and O–H groups in total. The molecule has 0 fully saturated rings. The number of nitrogens with one attached hydrogen (secondary N) is 1. The molecule has 5 heteroatoms. The molecule has 22 heavy (non-hydrogen) atoms. The highest BCUT2D eigenvalue weighted by Crippen LogP contribution is 2.20. The van der Waals surface area contributed by atoms with Crippen molar-refractivity contribution < 1.29 is 9.53 Å². The number of halogens is 1. The molecular formula is C17H17ClN2O2. The van der Waals surface area contributed by atoms with E-state index in [0.717, 1.165) is 16.7 Å². The van der Waals surface area contributed by atoms with Gasteiger partial charge in [-0.25, -0.2) is 5.43 Å². The van der Waals surface area contributed by atoms with E-state index in [1.165, 1.54) is 0 Å². The number of carbonyl (C=O) groups excluding carboxylic acids is 1. The summed E-state index contributed by atoms with van der Waals surface area (Å²) in [5, 5.41) is 4.57. The van der Waals surface area contributed by atoms with Crippen LogP contribution in [0.25, 0.3) is 0 Å². The van der Waals surface area contributed by atoms with Crippen LogP contribution in [0.5, 0.6) is 5.75 Å². The van der Waals surface area contributed by atoms with Crippen molar-refractivity contribution in [2.45, 2.75) is 13.8 Å². The monoisotopic (exact) mass is 316 g/mol. The Kier molecular flexibility index (Phi) is 5.55. The van der Waals surface area contributed by atoms with Crippen molar-refractivity contribution in [3.8, 4) is 5.75 Å². The topological polar surface area (TPSA) is 50.7 Å². The van der Waals surface area contributed by atoms with Crippen molar-refractivity contribution in [3.63, 3.8) is 0 Å². The zero-order valence-electron chi connectivity index (χ0n) is 12.5. The number of carbonyl (C=O) groups is 1. The van der Waals surface area contributed by atoms with E-state index in [9.17, 15) is 4.79 Å². The van der Waals surface area contributed by atoms with Gasteiger partial charge in [0.15, 0.2) is 6.61 Å². The second-order valence-corrected chi connectivity index (χ2v) is 5.31. The lowest BCUT2D eigenvalue weighted by atomic mass is 10.2. The smallest absolute Gasteiger partial charge is 0.277 e. The van der Waals surface area contributed by atoms with Crippen LogP contribution in [0.4, 0.5) is 0 Å². The highest BCUT2D eigenvalue weighted by molar-refractivity contribution is 6.31. The summed E-state index contributed by atoms with van der Waals surface area (Å²) in [7, 11) is 0. The van der Waals surface area contributed by atoms with Crippen LogP contribution in [0.3, 0.4) is 0 Å². The quantitative estimate of drug-likeness (QED) is 0.678. The Morgan fingerprint density at radius 2 is 2.09 bits per heavy atom. The van der Waals surface area contributed by atoms with Crippen molar-refractivity contribution >= 4 is 23.7 Å². The van der Waals surface area contributed by atoms with Gasteiger partial charge in [-0.05, 0) is 43.2 Å². The summed E-state index contributed by atoms with van der Waals surface area (Å²) in [6.07, 6.45) is 1.59. The van der Waals surface area contributed by atoms with E-state index in [4.69, 9.17) is 16.3 Å². The maximum Gasteiger partial charge on any atom is 0.277 e. The maximum absolute atomic E-state index is 11.6. The molecule has 4 nitrogen and oxygen atoms in total. The summed E-state index contributed by atoms with van der Waals surface area (Å²) >= 11 is 5.93. The Balaban J connectivity index is 1.81. The summed E-state index contributed by atoms with van der Waals surface area (Å²) in [4.78, 5) is 11.6. The number of ether oxygens (including phenoxy) is 1. The van der Waals surface area contributed by atoms with Crippen LogP contribution >= 0.6 is 11.6 Å². The van der Waals surface area contributed by atoms with Gasteiger partial charge in [-0.1, -0.05) is 41.4 Å². The van der Waals surface area contributed by atoms with Gasteiger partial charge in [-0.2, -0.15) is 5.10 Å². The predicted molar refractivity (Wildman–Crippen MR) is 88.6 cm³/mol. The minimum Gasteiger partial charge on any atom is -0.484 e. The van der Waals surface area contributed by atoms with Crippen LogP contribution in [0, 0.1) is 13.8 Å². The van der Waals surface area contributed by atoms with Crippen molar-refractivity contribution in [2.24, 2.45) is 5.10 Å². The number of nitrogens with zero attached hydrogens (tertiary/aromatic N) is 1. The fraction of sp³-hybridized carbons (Fsp3) is 0.176. The van der Waals surface area contributed by atoms with Gasteiger partial charge in [0.25, 0.3) is 5.91 Å². The first-order valence-electron chi connectivity index (χ1n) is 6.82. The number of hydrogen-bond acceptors (Lipinski definition) is 3. The summed E-state index contributed by atoms with van der Waals surface area (Å²) in [5.74, 6) is 0.274. The fourth-order valence-electron chi connectivity index (χ4n) is 1.82. The molecule has 114 valence electrons. The third kappa shape index (κ3) is 4.90. The zero-order valence-corrected chi connectivity index (χ0v) is 13.2. The van der Waals surface area contributed by atoms with Gasteiger partial charge in [-0.3, -0.25) is 4.79 Å². The number of amides is 1. The molecule has 0 aliphatic heterocycles. The maximum atomic E-state index is 11.6. The number of hydrogen-bond donors (Lipinski definition) is 1. The minimum atomic E-state index is -0.323. The lowest BCUT2D eigenvalue weighted by Crippen LogP contribution is -2.24. The third-order valence-electron chi connectivity index (χ3n) is 2.94. The first kappa shape index (κ1) is 16.0. The van der Waals surface area contributed by atoms with E-state index < -0.39 is 0 Å². The second kappa shape index (κ2) is 7.61. The van der Waals surface area contributed by atoms with Crippen molar-refractivity contribution in [3.05, 3.63) is 64.2 Å². The van der Waals surface area contributed by atoms with Gasteiger partial charge >= 0.3 is 0 Å². The van der Waals surface area contributed by atoms with Gasteiger partial charge < -0.3 is 4.74 Å². The Morgan fingerprint density at radius 3 is 2.82 bits per heavy atom. The Bertz CT molecular complexity index is 699. The standard InChI is InChI=1S/C17H17ClN2O2/c1-12-4-3-5-14(8-12)10-19-20-17(21)11-22-15-6-7-16(18)13(2)9-15/h3-10H,11H2,1-2H3,(H,20,21)/b19-10-. The predicted octanol–water partition coefficient (Wildman–Crippen LogP) is 3.49. The second-order valence-electron chi connectivity index (χ2n) is 4.91. The zero-order chi connectivity index (χ0) is 15.9. The van der Waals surface area contributed by atoms with Crippen LogP contribution < -0.4 is 10.2 Å². The molecule has 0 spiro atoms. The number of hydrazone groups is 1. The average Bonchev–Trinajstić information content (AvgIpc) is 2.48. The highest BCUT2D eigenvalue weighted by atomic mass is 35.5. The first-order valence-corrected chi connectivity index (χ1v) is 7.20. The van der Waals surface area contributed by atoms with E-state index in [0.29, 0.717) is 10.8 Å². The lowest BCUT2D eigenvalue weighted by Gasteiger charge is -2.06. The van der Waals surface area contributed by atoms with E-state index in [2.05, 4.69) is 10.5 Å². The van der Waals surface area contributed by atoms with E-state index >= 15 is 0 Å². The van der Waals surface area contributed by atoms with Crippen molar-refractivity contribution in [2.75, 3.05) is 6.61 Å². The molecule has 0 aliphatic carbocycles. The molecule has 2 rings (SSSR count). The molecule has 0 aromatic heterocycles. The molecule has 2 aromatic carbocycles. The summed E-state index contributed by atoms with van der Waals surface area (Å²) in [6, 6.07) is 13.1. The Labute approximate surface area is 134 Å². The van der Waals surface area contributed by atoms with Gasteiger partial charge in [0, 0.05) is 5.02 Å². The molecule has 0 atom stereocenters. The Hall–Kier alpha value is -2.33. The van der Waals surface area contributed by atoms with Crippen LogP contribution in [0.15, 0.2) is 47.6 Å². The van der Waals surface area contributed by atoms with Crippen LogP contribution in [0.1, 0.15) is 16.7 Å². The van der Waals surface area contributed by atoms with E-state index in [-0.39, 0.29) is 12.5 Å². The first-order chi connectivity index (χ1) is 10.5. The average molecular weight is 317 g/mol. The summed E-state index contributed by atoms with van der Waals surface area (Å²) < 4.78 is 5.38. The van der Waals surface area contributed by atoms with Crippen molar-refractivity contribution in [1.29, 1.82) is 0 Å². The molecule has 0 heterocycles. The van der Waals surface area contributed by atoms with Crippen LogP contribution in [0.2, 0.25) is 5.02 Å². The molecule has 0 aliphatic rings. The third-order valence-corrected chi connectivity index (χ3v) is 3.37. The molecule has 0 saturated carbocycles. The normalized spacial score (nSPS) is 10.7. The summed E-state index contributed by atoms with van der Waals surface area (Å²) in [6.45, 7) is 3.77. The molecule has 2 aromatic rings. The molecule has 0 radical (unpaired) electrons. The summed E-state index contributed by atoms with van der Waals surface area (Å²) in [5.41, 5.74) is 5.39.